The van der Waals surface area contributed by atoms with Crippen molar-refractivity contribution in [3.05, 3.63) is 65.4 Å². The number of aryl methyl sites for hydroxylation is 2. The van der Waals surface area contributed by atoms with Gasteiger partial charge in [0.2, 0.25) is 5.82 Å². The predicted octanol–water partition coefficient (Wildman–Crippen LogP) is 2.26. The maximum absolute atomic E-state index is 13.5. The third kappa shape index (κ3) is 4.01. The van der Waals surface area contributed by atoms with Crippen molar-refractivity contribution in [2.45, 2.75) is 13.8 Å². The Morgan fingerprint density at radius 2 is 1.88 bits per heavy atom. The Bertz CT molecular complexity index is 1290. The van der Waals surface area contributed by atoms with Gasteiger partial charge in [0.05, 0.1) is 7.11 Å². The molecule has 0 fully saturated rings. The monoisotopic (exact) mass is 460 g/mol. The average molecular weight is 460 g/mol. The lowest BCUT2D eigenvalue weighted by Gasteiger charge is -2.26. The lowest BCUT2D eigenvalue weighted by molar-refractivity contribution is -0.418. The molecule has 0 saturated carbocycles. The Balaban J connectivity index is 1.74. The second-order valence-electron chi connectivity index (χ2n) is 7.72. The Morgan fingerprint density at radius 3 is 2.59 bits per heavy atom. The number of carbonyl (C=O) groups is 4. The molecule has 34 heavy (non-hydrogen) atoms. The molecule has 2 aliphatic heterocycles. The highest BCUT2D eigenvalue weighted by molar-refractivity contribution is 6.25. The summed E-state index contributed by atoms with van der Waals surface area (Å²) in [6.45, 7) is 3.34. The Morgan fingerprint density at radius 1 is 1.15 bits per heavy atom. The van der Waals surface area contributed by atoms with Crippen LogP contribution in [0.25, 0.3) is 0 Å². The van der Waals surface area contributed by atoms with Crippen LogP contribution >= 0.6 is 0 Å². The van der Waals surface area contributed by atoms with Crippen LogP contribution in [0.5, 0.6) is 0 Å². The normalized spacial score (nSPS) is 17.0. The first-order valence-corrected chi connectivity index (χ1v) is 10.5. The van der Waals surface area contributed by atoms with E-state index in [9.17, 15) is 19.2 Å². The fourth-order valence-electron chi connectivity index (χ4n) is 3.85. The van der Waals surface area contributed by atoms with Gasteiger partial charge in [0.15, 0.2) is 12.5 Å². The number of hydrogen-bond acceptors (Lipinski definition) is 7. The number of ether oxygens (including phenoxy) is 1. The molecule has 1 aromatic carbocycles. The minimum atomic E-state index is -0.928. The Kier molecular flexibility index (Phi) is 6.13. The van der Waals surface area contributed by atoms with Gasteiger partial charge in [-0.15, -0.1) is 9.89 Å². The molecule has 4 rings (SSSR count). The van der Waals surface area contributed by atoms with Gasteiger partial charge in [-0.2, -0.15) is 4.58 Å². The van der Waals surface area contributed by atoms with Crippen molar-refractivity contribution in [2.24, 2.45) is 10.9 Å². The van der Waals surface area contributed by atoms with E-state index in [0.717, 1.165) is 20.6 Å². The largest absolute Gasteiger partial charge is 0.465 e. The number of carbonyl (C=O) groups excluding carboxylic acids is 4. The smallest absolute Gasteiger partial charge is 0.452 e. The third-order valence-electron chi connectivity index (χ3n) is 5.51. The fraction of sp³-hybridized carbons (Fsp3) is 0.208. The second-order valence-corrected chi connectivity index (χ2v) is 7.72. The number of nitrogens with zero attached hydrogens (tertiary/aromatic N) is 4. The maximum atomic E-state index is 13.5. The SMILES string of the molecule is COC(=O)c1cccnc1N1C(=O)C2C=CC=NC2=[N+](CC(=O)Nc2c(C)cccc2C)C1=O. The van der Waals surface area contributed by atoms with Gasteiger partial charge in [-0.25, -0.2) is 14.6 Å². The van der Waals surface area contributed by atoms with Crippen LogP contribution in [-0.4, -0.2) is 59.1 Å². The van der Waals surface area contributed by atoms with E-state index in [1.165, 1.54) is 31.7 Å². The first-order valence-electron chi connectivity index (χ1n) is 10.5. The van der Waals surface area contributed by atoms with Crippen molar-refractivity contribution < 1.29 is 28.5 Å². The average Bonchev–Trinajstić information content (AvgIpc) is 2.84. The summed E-state index contributed by atoms with van der Waals surface area (Å²) in [7, 11) is 1.19. The number of pyridine rings is 1. The van der Waals surface area contributed by atoms with Gasteiger partial charge in [0.1, 0.15) is 11.8 Å². The number of methoxy groups -OCH3 is 1. The van der Waals surface area contributed by atoms with Gasteiger partial charge in [-0.05, 0) is 43.2 Å². The summed E-state index contributed by atoms with van der Waals surface area (Å²) in [6, 6.07) is 7.67. The van der Waals surface area contributed by atoms with Crippen LogP contribution in [0.2, 0.25) is 0 Å². The number of urea groups is 1. The molecule has 0 aliphatic carbocycles. The van der Waals surface area contributed by atoms with E-state index in [4.69, 9.17) is 4.74 Å². The second kappa shape index (κ2) is 9.18. The number of amides is 4. The molecule has 0 radical (unpaired) electrons. The summed E-state index contributed by atoms with van der Waals surface area (Å²) in [4.78, 5) is 61.1. The summed E-state index contributed by atoms with van der Waals surface area (Å²) in [6.07, 6.45) is 5.95. The summed E-state index contributed by atoms with van der Waals surface area (Å²) >= 11 is 0. The molecule has 0 saturated heterocycles. The lowest BCUT2D eigenvalue weighted by atomic mass is 10.0. The zero-order valence-electron chi connectivity index (χ0n) is 18.8. The quantitative estimate of drug-likeness (QED) is 0.540. The number of rotatable bonds is 5. The minimum Gasteiger partial charge on any atom is -0.465 e. The third-order valence-corrected chi connectivity index (χ3v) is 5.51. The van der Waals surface area contributed by atoms with E-state index >= 15 is 0 Å². The van der Waals surface area contributed by atoms with Gasteiger partial charge >= 0.3 is 17.9 Å². The van der Waals surface area contributed by atoms with Crippen LogP contribution in [0.15, 0.2) is 53.7 Å². The van der Waals surface area contributed by atoms with Crippen LogP contribution in [0.1, 0.15) is 21.5 Å². The molecule has 10 nitrogen and oxygen atoms in total. The van der Waals surface area contributed by atoms with Crippen molar-refractivity contribution in [2.75, 3.05) is 23.9 Å². The molecule has 172 valence electrons. The highest BCUT2D eigenvalue weighted by atomic mass is 16.5. The molecule has 1 N–H and O–H groups in total. The number of hydrogen-bond donors (Lipinski definition) is 1. The number of aliphatic imine (C=N–C) groups is 1. The van der Waals surface area contributed by atoms with Crippen molar-refractivity contribution in [3.8, 4) is 0 Å². The van der Waals surface area contributed by atoms with E-state index in [0.29, 0.717) is 5.69 Å². The minimum absolute atomic E-state index is 0.0571. The standard InChI is InChI=1S/C24H21N5O5/c1-14-7-4-8-15(2)19(14)27-18(30)13-28-20-16(9-5-11-25-20)22(31)29(24(28)33)21-17(23(32)34-3)10-6-12-26-21/h4-12,16H,13H2,1-3H3/p+1. The Labute approximate surface area is 195 Å². The van der Waals surface area contributed by atoms with Crippen LogP contribution in [0.4, 0.5) is 16.3 Å². The number of esters is 1. The van der Waals surface area contributed by atoms with Crippen LogP contribution < -0.4 is 10.2 Å². The number of imide groups is 1. The number of dihydropyridines is 1. The molecule has 2 aromatic rings. The molecule has 3 heterocycles. The maximum Gasteiger partial charge on any atom is 0.452 e. The van der Waals surface area contributed by atoms with Gasteiger partial charge in [0, 0.05) is 11.9 Å². The molecular weight excluding hydrogens is 438 g/mol. The number of amidine groups is 1. The topological polar surface area (TPSA) is 121 Å². The van der Waals surface area contributed by atoms with Crippen LogP contribution in [0, 0.1) is 19.8 Å². The van der Waals surface area contributed by atoms with Crippen LogP contribution in [0.3, 0.4) is 0 Å². The van der Waals surface area contributed by atoms with Gasteiger partial charge in [-0.1, -0.05) is 24.3 Å². The van der Waals surface area contributed by atoms with E-state index < -0.39 is 36.3 Å². The number of anilines is 2. The molecular formula is C24H22N5O5+. The number of fused-ring (bicyclic) bond motifs is 1. The molecule has 0 bridgehead atoms. The first-order chi connectivity index (χ1) is 16.3. The van der Waals surface area contributed by atoms with Gasteiger partial charge < -0.3 is 10.1 Å². The van der Waals surface area contributed by atoms with Crippen molar-refractivity contribution in [1.29, 1.82) is 0 Å². The Hall–Kier alpha value is -4.47. The van der Waals surface area contributed by atoms with Gasteiger partial charge in [0.25, 0.3) is 11.7 Å². The molecule has 2 aliphatic rings. The van der Waals surface area contributed by atoms with Gasteiger partial charge in [-0.3, -0.25) is 9.59 Å². The van der Waals surface area contributed by atoms with E-state index in [1.807, 2.05) is 32.0 Å². The molecule has 4 amide bonds. The summed E-state index contributed by atoms with van der Waals surface area (Å²) in [5.41, 5.74) is 2.33. The zero-order valence-corrected chi connectivity index (χ0v) is 18.8. The highest BCUT2D eigenvalue weighted by Gasteiger charge is 2.49. The summed E-state index contributed by atoms with van der Waals surface area (Å²) in [5, 5.41) is 2.84. The molecule has 1 atom stereocenters. The molecule has 10 heteroatoms. The molecule has 0 spiro atoms. The number of para-hydroxylation sites is 1. The number of allylic oxidation sites excluding steroid dienone is 1. The number of benzene rings is 1. The van der Waals surface area contributed by atoms with E-state index in [2.05, 4.69) is 15.3 Å². The summed E-state index contributed by atoms with van der Waals surface area (Å²) < 4.78 is 5.89. The fourth-order valence-corrected chi connectivity index (χ4v) is 3.85. The van der Waals surface area contributed by atoms with E-state index in [1.54, 1.807) is 12.2 Å². The first kappa shape index (κ1) is 22.7. The molecule has 1 unspecified atom stereocenters. The van der Waals surface area contributed by atoms with Crippen molar-refractivity contribution in [3.63, 3.8) is 0 Å². The highest BCUT2D eigenvalue weighted by Crippen LogP contribution is 2.27. The lowest BCUT2D eigenvalue weighted by Crippen LogP contribution is -2.56. The van der Waals surface area contributed by atoms with Crippen molar-refractivity contribution in [1.82, 2.24) is 4.98 Å². The van der Waals surface area contributed by atoms with Crippen LogP contribution in [-0.2, 0) is 14.3 Å². The summed E-state index contributed by atoms with van der Waals surface area (Å²) in [5.74, 6) is -2.83. The number of aromatic nitrogens is 1. The zero-order chi connectivity index (χ0) is 24.4. The predicted molar refractivity (Wildman–Crippen MR) is 124 cm³/mol. The number of nitrogens with one attached hydrogen (secondary N) is 1. The van der Waals surface area contributed by atoms with E-state index in [-0.39, 0.29) is 17.2 Å². The molecule has 1 aromatic heterocycles. The van der Waals surface area contributed by atoms with Crippen molar-refractivity contribution >= 4 is 47.4 Å².